The molecule has 21 heavy (non-hydrogen) atoms. The van der Waals surface area contributed by atoms with Gasteiger partial charge in [-0.2, -0.15) is 0 Å². The molecule has 2 N–H and O–H groups in total. The molecule has 0 radical (unpaired) electrons. The van der Waals surface area contributed by atoms with Crippen molar-refractivity contribution in [3.63, 3.8) is 0 Å². The van der Waals surface area contributed by atoms with E-state index in [2.05, 4.69) is 5.32 Å². The summed E-state index contributed by atoms with van der Waals surface area (Å²) in [5.74, 6) is -2.51. The van der Waals surface area contributed by atoms with Gasteiger partial charge in [-0.1, -0.05) is 18.9 Å². The van der Waals surface area contributed by atoms with E-state index in [1.54, 1.807) is 0 Å². The summed E-state index contributed by atoms with van der Waals surface area (Å²) in [6.45, 7) is 0.467. The third-order valence-electron chi connectivity index (χ3n) is 3.01. The van der Waals surface area contributed by atoms with Gasteiger partial charge >= 0.3 is 5.97 Å². The van der Waals surface area contributed by atoms with Crippen molar-refractivity contribution in [1.29, 1.82) is 0 Å². The Balaban J connectivity index is 2.15. The van der Waals surface area contributed by atoms with Crippen LogP contribution in [0.4, 0.5) is 8.78 Å². The molecule has 1 aromatic carbocycles. The molecular formula is C15H19F2NO3. The standard InChI is InChI=1S/C15H19F2NO3/c16-12-7-6-11(13(17)10-12)9-14(19)18-8-4-2-1-3-5-15(20)21/h6-7,10H,1-5,8-9H2,(H,18,19)(H,20,21). The van der Waals surface area contributed by atoms with Crippen molar-refractivity contribution < 1.29 is 23.5 Å². The van der Waals surface area contributed by atoms with Crippen LogP contribution in [0.25, 0.3) is 0 Å². The van der Waals surface area contributed by atoms with Crippen LogP contribution in [0.1, 0.15) is 37.7 Å². The number of carbonyl (C=O) groups is 2. The molecule has 0 heterocycles. The average Bonchev–Trinajstić information content (AvgIpc) is 2.40. The van der Waals surface area contributed by atoms with Gasteiger partial charge in [0.2, 0.25) is 5.91 Å². The number of amides is 1. The van der Waals surface area contributed by atoms with Gasteiger partial charge in [0.25, 0.3) is 0 Å². The van der Waals surface area contributed by atoms with E-state index in [0.717, 1.165) is 31.4 Å². The highest BCUT2D eigenvalue weighted by Gasteiger charge is 2.08. The second-order valence-electron chi connectivity index (χ2n) is 4.82. The number of benzene rings is 1. The number of hydrogen-bond acceptors (Lipinski definition) is 2. The quantitative estimate of drug-likeness (QED) is 0.689. The second kappa shape index (κ2) is 9.05. The minimum Gasteiger partial charge on any atom is -0.481 e. The largest absolute Gasteiger partial charge is 0.481 e. The zero-order valence-electron chi connectivity index (χ0n) is 11.7. The molecule has 0 aromatic heterocycles. The highest BCUT2D eigenvalue weighted by atomic mass is 19.1. The van der Waals surface area contributed by atoms with Crippen molar-refractivity contribution in [2.45, 2.75) is 38.5 Å². The predicted molar refractivity (Wildman–Crippen MR) is 73.8 cm³/mol. The second-order valence-corrected chi connectivity index (χ2v) is 4.82. The summed E-state index contributed by atoms with van der Waals surface area (Å²) in [7, 11) is 0. The molecule has 116 valence electrons. The molecule has 0 saturated heterocycles. The lowest BCUT2D eigenvalue weighted by molar-refractivity contribution is -0.137. The highest BCUT2D eigenvalue weighted by molar-refractivity contribution is 5.78. The number of halogens is 2. The van der Waals surface area contributed by atoms with Crippen molar-refractivity contribution in [2.24, 2.45) is 0 Å². The molecule has 0 aliphatic carbocycles. The van der Waals surface area contributed by atoms with Gasteiger partial charge in [0.1, 0.15) is 11.6 Å². The molecule has 1 amide bonds. The van der Waals surface area contributed by atoms with E-state index in [0.29, 0.717) is 13.0 Å². The first-order valence-electron chi connectivity index (χ1n) is 6.91. The van der Waals surface area contributed by atoms with Crippen LogP contribution in [-0.2, 0) is 16.0 Å². The number of aliphatic carboxylic acids is 1. The van der Waals surface area contributed by atoms with Crippen molar-refractivity contribution in [3.05, 3.63) is 35.4 Å². The number of hydrogen-bond donors (Lipinski definition) is 2. The summed E-state index contributed by atoms with van der Waals surface area (Å²) in [5, 5.41) is 11.1. The summed E-state index contributed by atoms with van der Waals surface area (Å²) < 4.78 is 26.0. The molecule has 0 bridgehead atoms. The maximum Gasteiger partial charge on any atom is 0.303 e. The fourth-order valence-corrected chi connectivity index (χ4v) is 1.88. The van der Waals surface area contributed by atoms with Gasteiger partial charge in [0, 0.05) is 19.0 Å². The van der Waals surface area contributed by atoms with Gasteiger partial charge in [-0.3, -0.25) is 9.59 Å². The Morgan fingerprint density at radius 1 is 1.10 bits per heavy atom. The molecule has 0 atom stereocenters. The minimum absolute atomic E-state index is 0.120. The van der Waals surface area contributed by atoms with Gasteiger partial charge in [-0.05, 0) is 24.5 Å². The fourth-order valence-electron chi connectivity index (χ4n) is 1.88. The number of nitrogens with one attached hydrogen (secondary N) is 1. The van der Waals surface area contributed by atoms with Crippen LogP contribution in [0, 0.1) is 11.6 Å². The summed E-state index contributed by atoms with van der Waals surface area (Å²) in [5.41, 5.74) is 0.162. The first-order valence-corrected chi connectivity index (χ1v) is 6.91. The van der Waals surface area contributed by atoms with Crippen molar-refractivity contribution in [2.75, 3.05) is 6.54 Å². The van der Waals surface area contributed by atoms with Gasteiger partial charge in [-0.25, -0.2) is 8.78 Å². The SMILES string of the molecule is O=C(O)CCCCCCNC(=O)Cc1ccc(F)cc1F. The molecule has 6 heteroatoms. The lowest BCUT2D eigenvalue weighted by Crippen LogP contribution is -2.26. The molecular weight excluding hydrogens is 280 g/mol. The topological polar surface area (TPSA) is 66.4 Å². The Morgan fingerprint density at radius 2 is 1.81 bits per heavy atom. The summed E-state index contributed by atoms with van der Waals surface area (Å²) in [4.78, 5) is 21.9. The van der Waals surface area contributed by atoms with E-state index < -0.39 is 17.6 Å². The van der Waals surface area contributed by atoms with E-state index in [4.69, 9.17) is 5.11 Å². The van der Waals surface area contributed by atoms with Crippen molar-refractivity contribution in [3.8, 4) is 0 Å². The first-order chi connectivity index (χ1) is 9.99. The zero-order valence-corrected chi connectivity index (χ0v) is 11.7. The zero-order chi connectivity index (χ0) is 15.7. The number of carbonyl (C=O) groups excluding carboxylic acids is 1. The molecule has 0 unspecified atom stereocenters. The summed E-state index contributed by atoms with van der Waals surface area (Å²) in [6, 6.07) is 3.13. The Hall–Kier alpha value is -1.98. The Kier molecular flexibility index (Phi) is 7.36. The van der Waals surface area contributed by atoms with Gasteiger partial charge in [0.15, 0.2) is 0 Å². The van der Waals surface area contributed by atoms with E-state index in [1.807, 2.05) is 0 Å². The van der Waals surface area contributed by atoms with Crippen LogP contribution in [0.5, 0.6) is 0 Å². The van der Waals surface area contributed by atoms with Crippen LogP contribution in [0.3, 0.4) is 0 Å². The minimum atomic E-state index is -0.801. The molecule has 1 aromatic rings. The van der Waals surface area contributed by atoms with E-state index in [1.165, 1.54) is 6.07 Å². The monoisotopic (exact) mass is 299 g/mol. The Bertz CT molecular complexity index is 492. The van der Waals surface area contributed by atoms with E-state index in [9.17, 15) is 18.4 Å². The van der Waals surface area contributed by atoms with Crippen LogP contribution < -0.4 is 5.32 Å². The molecule has 0 saturated carbocycles. The van der Waals surface area contributed by atoms with E-state index >= 15 is 0 Å². The smallest absolute Gasteiger partial charge is 0.303 e. The van der Waals surface area contributed by atoms with Crippen LogP contribution in [0.2, 0.25) is 0 Å². The highest BCUT2D eigenvalue weighted by Crippen LogP contribution is 2.10. The van der Waals surface area contributed by atoms with Gasteiger partial charge < -0.3 is 10.4 Å². The van der Waals surface area contributed by atoms with Gasteiger partial charge in [0.05, 0.1) is 6.42 Å². The number of rotatable bonds is 9. The molecule has 0 aliphatic rings. The Labute approximate surface area is 122 Å². The van der Waals surface area contributed by atoms with Gasteiger partial charge in [-0.15, -0.1) is 0 Å². The fraction of sp³-hybridized carbons (Fsp3) is 0.467. The lowest BCUT2D eigenvalue weighted by atomic mass is 10.1. The first kappa shape index (κ1) is 17.1. The molecule has 0 aliphatic heterocycles. The molecule has 0 fully saturated rings. The lowest BCUT2D eigenvalue weighted by Gasteiger charge is -2.06. The van der Waals surface area contributed by atoms with Crippen molar-refractivity contribution in [1.82, 2.24) is 5.32 Å². The van der Waals surface area contributed by atoms with Crippen LogP contribution in [-0.4, -0.2) is 23.5 Å². The third-order valence-corrected chi connectivity index (χ3v) is 3.01. The summed E-state index contributed by atoms with van der Waals surface area (Å²) >= 11 is 0. The third kappa shape index (κ3) is 7.39. The molecule has 0 spiro atoms. The van der Waals surface area contributed by atoms with Crippen LogP contribution in [0.15, 0.2) is 18.2 Å². The van der Waals surface area contributed by atoms with Crippen molar-refractivity contribution >= 4 is 11.9 Å². The molecule has 1 rings (SSSR count). The number of carboxylic acids is 1. The Morgan fingerprint density at radius 3 is 2.48 bits per heavy atom. The maximum atomic E-state index is 13.3. The average molecular weight is 299 g/mol. The number of unbranched alkanes of at least 4 members (excludes halogenated alkanes) is 3. The normalized spacial score (nSPS) is 10.4. The van der Waals surface area contributed by atoms with E-state index in [-0.39, 0.29) is 24.3 Å². The molecule has 4 nitrogen and oxygen atoms in total. The summed E-state index contributed by atoms with van der Waals surface area (Å²) in [6.07, 6.45) is 3.05. The maximum absolute atomic E-state index is 13.3. The predicted octanol–water partition coefficient (Wildman–Crippen LogP) is 2.66. The number of carboxylic acid groups (broad SMARTS) is 1. The van der Waals surface area contributed by atoms with Crippen LogP contribution >= 0.6 is 0 Å².